The first-order valence-corrected chi connectivity index (χ1v) is 7.34. The van der Waals surface area contributed by atoms with E-state index in [2.05, 4.69) is 0 Å². The van der Waals surface area contributed by atoms with Crippen molar-refractivity contribution in [2.75, 3.05) is 13.7 Å². The zero-order valence-electron chi connectivity index (χ0n) is 12.8. The summed E-state index contributed by atoms with van der Waals surface area (Å²) >= 11 is 5.97. The van der Waals surface area contributed by atoms with Crippen LogP contribution in [0.1, 0.15) is 22.8 Å². The summed E-state index contributed by atoms with van der Waals surface area (Å²) in [7, 11) is 1.50. The molecule has 0 aromatic heterocycles. The van der Waals surface area contributed by atoms with Crippen molar-refractivity contribution in [3.05, 3.63) is 58.4 Å². The number of methoxy groups -OCH3 is 1. The smallest absolute Gasteiger partial charge is 0.338 e. The normalized spacial score (nSPS) is 10.3. The Morgan fingerprint density at radius 3 is 2.61 bits per heavy atom. The number of esters is 1. The number of rotatable bonds is 6. The summed E-state index contributed by atoms with van der Waals surface area (Å²) in [5, 5.41) is 0.269. The highest BCUT2D eigenvalue weighted by atomic mass is 35.5. The van der Waals surface area contributed by atoms with Crippen molar-refractivity contribution in [3.8, 4) is 11.5 Å². The minimum atomic E-state index is -0.445. The second kappa shape index (κ2) is 7.83. The van der Waals surface area contributed by atoms with Gasteiger partial charge in [0, 0.05) is 5.56 Å². The van der Waals surface area contributed by atoms with Crippen molar-refractivity contribution in [2.45, 2.75) is 13.5 Å². The van der Waals surface area contributed by atoms with E-state index in [1.54, 1.807) is 25.1 Å². The van der Waals surface area contributed by atoms with Gasteiger partial charge in [0.1, 0.15) is 12.4 Å². The summed E-state index contributed by atoms with van der Waals surface area (Å²) in [6.07, 6.45) is 0. The Labute approximate surface area is 138 Å². The van der Waals surface area contributed by atoms with Crippen LogP contribution in [0, 0.1) is 5.82 Å². The third-order valence-electron chi connectivity index (χ3n) is 3.07. The van der Waals surface area contributed by atoms with Crippen LogP contribution in [0.4, 0.5) is 4.39 Å². The third kappa shape index (κ3) is 4.36. The number of carbonyl (C=O) groups is 1. The van der Waals surface area contributed by atoms with E-state index in [1.807, 2.05) is 0 Å². The molecule has 23 heavy (non-hydrogen) atoms. The molecule has 0 spiro atoms. The third-order valence-corrected chi connectivity index (χ3v) is 3.42. The lowest BCUT2D eigenvalue weighted by molar-refractivity contribution is 0.0525. The van der Waals surface area contributed by atoms with Gasteiger partial charge in [-0.2, -0.15) is 0 Å². The highest BCUT2D eigenvalue weighted by Gasteiger charge is 2.13. The molecule has 4 nitrogen and oxygen atoms in total. The Hall–Kier alpha value is -2.27. The lowest BCUT2D eigenvalue weighted by Gasteiger charge is -2.13. The van der Waals surface area contributed by atoms with Crippen molar-refractivity contribution in [1.82, 2.24) is 0 Å². The quantitative estimate of drug-likeness (QED) is 0.739. The highest BCUT2D eigenvalue weighted by molar-refractivity contribution is 6.31. The molecule has 2 rings (SSSR count). The number of hydrogen-bond acceptors (Lipinski definition) is 4. The second-order valence-electron chi connectivity index (χ2n) is 4.61. The fraction of sp³-hybridized carbons (Fsp3) is 0.235. The van der Waals surface area contributed by atoms with Crippen LogP contribution in [0.15, 0.2) is 36.4 Å². The number of carbonyl (C=O) groups excluding carboxylic acids is 1. The Bertz CT molecular complexity index is 703. The number of benzene rings is 2. The molecule has 2 aromatic rings. The fourth-order valence-corrected chi connectivity index (χ4v) is 2.15. The highest BCUT2D eigenvalue weighted by Crippen LogP contribution is 2.30. The predicted molar refractivity (Wildman–Crippen MR) is 84.7 cm³/mol. The molecule has 0 N–H and O–H groups in total. The molecule has 0 aliphatic carbocycles. The number of ether oxygens (including phenoxy) is 3. The van der Waals surface area contributed by atoms with E-state index in [0.717, 1.165) is 0 Å². The Morgan fingerprint density at radius 1 is 1.17 bits per heavy atom. The van der Waals surface area contributed by atoms with Crippen LogP contribution in [0.5, 0.6) is 11.5 Å². The van der Waals surface area contributed by atoms with Crippen LogP contribution in [0.2, 0.25) is 5.02 Å². The van der Waals surface area contributed by atoms with Gasteiger partial charge in [-0.1, -0.05) is 17.7 Å². The maximum Gasteiger partial charge on any atom is 0.338 e. The monoisotopic (exact) mass is 338 g/mol. The van der Waals surface area contributed by atoms with Gasteiger partial charge in [0.05, 0.1) is 24.3 Å². The maximum absolute atomic E-state index is 13.0. The Balaban J connectivity index is 2.20. The first-order valence-electron chi connectivity index (χ1n) is 6.97. The molecule has 2 aromatic carbocycles. The van der Waals surface area contributed by atoms with Gasteiger partial charge in [0.25, 0.3) is 0 Å². The molecule has 0 unspecified atom stereocenters. The van der Waals surface area contributed by atoms with Gasteiger partial charge < -0.3 is 14.2 Å². The van der Waals surface area contributed by atoms with Gasteiger partial charge in [-0.25, -0.2) is 9.18 Å². The Kier molecular flexibility index (Phi) is 5.82. The zero-order chi connectivity index (χ0) is 16.8. The topological polar surface area (TPSA) is 44.8 Å². The van der Waals surface area contributed by atoms with Crippen LogP contribution in [0.3, 0.4) is 0 Å². The molecule has 6 heteroatoms. The van der Waals surface area contributed by atoms with Crippen molar-refractivity contribution < 1.29 is 23.4 Å². The van der Waals surface area contributed by atoms with E-state index < -0.39 is 11.8 Å². The zero-order valence-corrected chi connectivity index (χ0v) is 13.5. The summed E-state index contributed by atoms with van der Waals surface area (Å²) in [5.74, 6) is -0.0183. The van der Waals surface area contributed by atoms with Gasteiger partial charge in [-0.3, -0.25) is 0 Å². The molecule has 0 radical (unpaired) electrons. The molecule has 0 bridgehead atoms. The number of halogens is 2. The van der Waals surface area contributed by atoms with E-state index in [0.29, 0.717) is 22.6 Å². The summed E-state index contributed by atoms with van der Waals surface area (Å²) in [6, 6.07) is 8.80. The Morgan fingerprint density at radius 2 is 1.96 bits per heavy atom. The van der Waals surface area contributed by atoms with E-state index in [-0.39, 0.29) is 18.2 Å². The molecule has 0 heterocycles. The van der Waals surface area contributed by atoms with E-state index >= 15 is 0 Å². The number of hydrogen-bond donors (Lipinski definition) is 0. The standard InChI is InChI=1S/C17H16ClFO4/c1-3-22-17(20)11-5-7-15(21-2)16(8-11)23-10-12-4-6-13(19)9-14(12)18/h4-9H,3,10H2,1-2H3. The summed E-state index contributed by atoms with van der Waals surface area (Å²) in [4.78, 5) is 11.8. The molecule has 0 saturated heterocycles. The van der Waals surface area contributed by atoms with E-state index in [1.165, 1.54) is 25.3 Å². The van der Waals surface area contributed by atoms with Gasteiger partial charge >= 0.3 is 5.97 Å². The van der Waals surface area contributed by atoms with Crippen molar-refractivity contribution in [2.24, 2.45) is 0 Å². The minimum absolute atomic E-state index is 0.113. The molecule has 0 fully saturated rings. The average molecular weight is 339 g/mol. The lowest BCUT2D eigenvalue weighted by atomic mass is 10.2. The minimum Gasteiger partial charge on any atom is -0.493 e. The van der Waals surface area contributed by atoms with E-state index in [9.17, 15) is 9.18 Å². The largest absolute Gasteiger partial charge is 0.493 e. The average Bonchev–Trinajstić information content (AvgIpc) is 2.54. The molecule has 0 aliphatic heterocycles. The van der Waals surface area contributed by atoms with Gasteiger partial charge in [-0.15, -0.1) is 0 Å². The SMILES string of the molecule is CCOC(=O)c1ccc(OC)c(OCc2ccc(F)cc2Cl)c1. The molecule has 0 saturated carbocycles. The van der Waals surface area contributed by atoms with Gasteiger partial charge in [0.2, 0.25) is 0 Å². The van der Waals surface area contributed by atoms with Crippen LogP contribution < -0.4 is 9.47 Å². The van der Waals surface area contributed by atoms with Crippen LogP contribution >= 0.6 is 11.6 Å². The maximum atomic E-state index is 13.0. The molecular weight excluding hydrogens is 323 g/mol. The second-order valence-corrected chi connectivity index (χ2v) is 5.02. The molecule has 0 atom stereocenters. The lowest BCUT2D eigenvalue weighted by Crippen LogP contribution is -2.06. The van der Waals surface area contributed by atoms with Crippen molar-refractivity contribution in [3.63, 3.8) is 0 Å². The van der Waals surface area contributed by atoms with Crippen LogP contribution in [-0.2, 0) is 11.3 Å². The fourth-order valence-electron chi connectivity index (χ4n) is 1.93. The van der Waals surface area contributed by atoms with E-state index in [4.69, 9.17) is 25.8 Å². The molecular formula is C17H16ClFO4. The summed E-state index contributed by atoms with van der Waals surface area (Å²) < 4.78 is 28.9. The van der Waals surface area contributed by atoms with Crippen LogP contribution in [0.25, 0.3) is 0 Å². The van der Waals surface area contributed by atoms with Gasteiger partial charge in [0.15, 0.2) is 11.5 Å². The first-order chi connectivity index (χ1) is 11.0. The predicted octanol–water partition coefficient (Wildman–Crippen LogP) is 4.24. The van der Waals surface area contributed by atoms with Crippen molar-refractivity contribution in [1.29, 1.82) is 0 Å². The summed E-state index contributed by atoms with van der Waals surface area (Å²) in [5.41, 5.74) is 0.976. The van der Waals surface area contributed by atoms with Crippen molar-refractivity contribution >= 4 is 17.6 Å². The molecule has 0 amide bonds. The molecule has 0 aliphatic rings. The van der Waals surface area contributed by atoms with Gasteiger partial charge in [-0.05, 0) is 37.3 Å². The first kappa shape index (κ1) is 17.1. The summed E-state index contributed by atoms with van der Waals surface area (Å²) in [6.45, 7) is 2.13. The van der Waals surface area contributed by atoms with Crippen LogP contribution in [-0.4, -0.2) is 19.7 Å². The molecule has 122 valence electrons.